The van der Waals surface area contributed by atoms with E-state index in [-0.39, 0.29) is 12.4 Å². The number of nitrogens with one attached hydrogen (secondary N) is 1. The van der Waals surface area contributed by atoms with Crippen molar-refractivity contribution in [2.45, 2.75) is 6.61 Å². The molecule has 0 aliphatic heterocycles. The molecular weight excluding hydrogens is 366 g/mol. The molecule has 3 heterocycles. The zero-order chi connectivity index (χ0) is 19.1. The fourth-order valence-electron chi connectivity index (χ4n) is 2.92. The molecule has 28 heavy (non-hydrogen) atoms. The van der Waals surface area contributed by atoms with Crippen molar-refractivity contribution >= 4 is 16.7 Å². The fourth-order valence-corrected chi connectivity index (χ4v) is 2.92. The molecule has 0 aliphatic rings. The van der Waals surface area contributed by atoms with Crippen molar-refractivity contribution in [1.82, 2.24) is 29.8 Å². The van der Waals surface area contributed by atoms with E-state index in [2.05, 4.69) is 25.3 Å². The zero-order valence-electron chi connectivity index (χ0n) is 14.3. The molecule has 1 N–H and O–H groups in total. The van der Waals surface area contributed by atoms with E-state index in [0.29, 0.717) is 17.1 Å². The Morgan fingerprint density at radius 1 is 1.11 bits per heavy atom. The predicted molar refractivity (Wildman–Crippen MR) is 96.6 cm³/mol. The molecule has 0 saturated heterocycles. The SMILES string of the molecule is Fc1ccc(OCc2cccc(-c3nc4c5cn[nH]c5ncn4n3)c2)c(F)c1. The van der Waals surface area contributed by atoms with Crippen LogP contribution < -0.4 is 4.74 Å². The molecule has 0 saturated carbocycles. The quantitative estimate of drug-likeness (QED) is 0.517. The van der Waals surface area contributed by atoms with E-state index < -0.39 is 11.6 Å². The number of rotatable bonds is 4. The molecule has 0 fully saturated rings. The topological polar surface area (TPSA) is 81.0 Å². The van der Waals surface area contributed by atoms with Crippen molar-refractivity contribution in [2.24, 2.45) is 0 Å². The summed E-state index contributed by atoms with van der Waals surface area (Å²) in [6.45, 7) is 0.122. The lowest BCUT2D eigenvalue weighted by Gasteiger charge is -2.08. The van der Waals surface area contributed by atoms with Crippen molar-refractivity contribution in [3.8, 4) is 17.1 Å². The first-order valence-corrected chi connectivity index (χ1v) is 8.39. The zero-order valence-corrected chi connectivity index (χ0v) is 14.3. The molecule has 2 aromatic carbocycles. The van der Waals surface area contributed by atoms with Gasteiger partial charge in [-0.15, -0.1) is 5.10 Å². The number of H-pyrrole nitrogens is 1. The highest BCUT2D eigenvalue weighted by molar-refractivity contribution is 5.88. The van der Waals surface area contributed by atoms with Gasteiger partial charge >= 0.3 is 0 Å². The molecule has 0 spiro atoms. The largest absolute Gasteiger partial charge is 0.486 e. The first-order chi connectivity index (χ1) is 13.7. The first-order valence-electron chi connectivity index (χ1n) is 8.39. The van der Waals surface area contributed by atoms with Gasteiger partial charge < -0.3 is 4.74 Å². The summed E-state index contributed by atoms with van der Waals surface area (Å²) in [6.07, 6.45) is 3.22. The van der Waals surface area contributed by atoms with Crippen molar-refractivity contribution in [3.05, 3.63) is 72.2 Å². The number of hydrogen-bond donors (Lipinski definition) is 1. The summed E-state index contributed by atoms with van der Waals surface area (Å²) in [7, 11) is 0. The van der Waals surface area contributed by atoms with Gasteiger partial charge in [0.15, 0.2) is 28.7 Å². The fraction of sp³-hybridized carbons (Fsp3) is 0.0526. The van der Waals surface area contributed by atoms with E-state index in [1.54, 1.807) is 17.0 Å². The number of nitrogens with zero attached hydrogens (tertiary/aromatic N) is 5. The average Bonchev–Trinajstić information content (AvgIpc) is 3.34. The minimum Gasteiger partial charge on any atom is -0.486 e. The number of aromatic amines is 1. The Morgan fingerprint density at radius 3 is 2.93 bits per heavy atom. The van der Waals surface area contributed by atoms with E-state index in [0.717, 1.165) is 28.6 Å². The highest BCUT2D eigenvalue weighted by Gasteiger charge is 2.12. The van der Waals surface area contributed by atoms with Crippen LogP contribution in [0.4, 0.5) is 8.78 Å². The van der Waals surface area contributed by atoms with Crippen molar-refractivity contribution in [1.29, 1.82) is 0 Å². The first kappa shape index (κ1) is 16.3. The summed E-state index contributed by atoms with van der Waals surface area (Å²) in [5, 5.41) is 12.0. The summed E-state index contributed by atoms with van der Waals surface area (Å²) in [4.78, 5) is 8.81. The maximum Gasteiger partial charge on any atom is 0.182 e. The second-order valence-corrected chi connectivity index (χ2v) is 6.14. The molecule has 0 unspecified atom stereocenters. The van der Waals surface area contributed by atoms with Gasteiger partial charge in [0, 0.05) is 11.6 Å². The van der Waals surface area contributed by atoms with Crippen LogP contribution in [0.25, 0.3) is 28.1 Å². The van der Waals surface area contributed by atoms with E-state index in [9.17, 15) is 8.78 Å². The van der Waals surface area contributed by atoms with Crippen LogP contribution in [0.2, 0.25) is 0 Å². The smallest absolute Gasteiger partial charge is 0.182 e. The molecule has 5 rings (SSSR count). The maximum atomic E-state index is 13.7. The Hall–Kier alpha value is -3.88. The third-order valence-corrected chi connectivity index (χ3v) is 4.26. The third-order valence-electron chi connectivity index (χ3n) is 4.26. The van der Waals surface area contributed by atoms with Gasteiger partial charge in [-0.1, -0.05) is 18.2 Å². The number of ether oxygens (including phenoxy) is 1. The van der Waals surface area contributed by atoms with Gasteiger partial charge in [0.25, 0.3) is 0 Å². The molecule has 0 radical (unpaired) electrons. The molecule has 3 aromatic heterocycles. The van der Waals surface area contributed by atoms with Gasteiger partial charge in [-0.25, -0.2) is 23.3 Å². The third kappa shape index (κ3) is 2.82. The van der Waals surface area contributed by atoms with Crippen molar-refractivity contribution in [2.75, 3.05) is 0 Å². The van der Waals surface area contributed by atoms with Gasteiger partial charge in [-0.05, 0) is 23.8 Å². The van der Waals surface area contributed by atoms with Crippen LogP contribution in [0.5, 0.6) is 5.75 Å². The summed E-state index contributed by atoms with van der Waals surface area (Å²) < 4.78 is 33.8. The van der Waals surface area contributed by atoms with Crippen LogP contribution >= 0.6 is 0 Å². The van der Waals surface area contributed by atoms with Crippen LogP contribution in [-0.2, 0) is 6.61 Å². The number of benzene rings is 2. The number of halogens is 2. The molecule has 0 aliphatic carbocycles. The number of aromatic nitrogens is 6. The Morgan fingerprint density at radius 2 is 2.04 bits per heavy atom. The minimum absolute atomic E-state index is 0.00826. The van der Waals surface area contributed by atoms with Gasteiger partial charge in [0.2, 0.25) is 0 Å². The summed E-state index contributed by atoms with van der Waals surface area (Å²) in [5.41, 5.74) is 2.85. The molecule has 5 aromatic rings. The van der Waals surface area contributed by atoms with Crippen LogP contribution in [-0.4, -0.2) is 29.8 Å². The lowest BCUT2D eigenvalue weighted by Crippen LogP contribution is -1.98. The standard InChI is InChI=1S/C19H12F2N6O/c20-13-4-5-16(15(21)7-13)28-9-11-2-1-3-12(6-11)17-24-19-14-8-23-25-18(14)22-10-27(19)26-17/h1-8,10H,9H2,(H,23,25). The van der Waals surface area contributed by atoms with E-state index in [1.165, 1.54) is 6.07 Å². The van der Waals surface area contributed by atoms with Crippen molar-refractivity contribution in [3.63, 3.8) is 0 Å². The minimum atomic E-state index is -0.741. The summed E-state index contributed by atoms with van der Waals surface area (Å²) >= 11 is 0. The maximum absolute atomic E-state index is 13.7. The van der Waals surface area contributed by atoms with Crippen molar-refractivity contribution < 1.29 is 13.5 Å². The molecule has 9 heteroatoms. The highest BCUT2D eigenvalue weighted by Crippen LogP contribution is 2.23. The lowest BCUT2D eigenvalue weighted by atomic mass is 10.1. The molecule has 0 amide bonds. The molecule has 7 nitrogen and oxygen atoms in total. The second kappa shape index (κ2) is 6.38. The molecular formula is C19H12F2N6O. The Bertz CT molecular complexity index is 1310. The molecule has 138 valence electrons. The Kier molecular flexibility index (Phi) is 3.71. The summed E-state index contributed by atoms with van der Waals surface area (Å²) in [5.74, 6) is -0.878. The van der Waals surface area contributed by atoms with Gasteiger partial charge in [0.05, 0.1) is 11.6 Å². The predicted octanol–water partition coefficient (Wildman–Crippen LogP) is 3.52. The molecule has 0 bridgehead atoms. The van der Waals surface area contributed by atoms with Gasteiger partial charge in [0.1, 0.15) is 18.8 Å². The number of hydrogen-bond acceptors (Lipinski definition) is 5. The van der Waals surface area contributed by atoms with E-state index >= 15 is 0 Å². The summed E-state index contributed by atoms with van der Waals surface area (Å²) in [6, 6.07) is 10.6. The Balaban J connectivity index is 1.44. The van der Waals surface area contributed by atoms with Crippen LogP contribution in [0.15, 0.2) is 55.0 Å². The highest BCUT2D eigenvalue weighted by atomic mass is 19.1. The molecule has 0 atom stereocenters. The average molecular weight is 378 g/mol. The normalized spacial score (nSPS) is 11.4. The van der Waals surface area contributed by atoms with E-state index in [1.807, 2.05) is 24.3 Å². The van der Waals surface area contributed by atoms with Crippen LogP contribution in [0.3, 0.4) is 0 Å². The Labute approximate surface area is 156 Å². The lowest BCUT2D eigenvalue weighted by molar-refractivity contribution is 0.289. The van der Waals surface area contributed by atoms with Crippen LogP contribution in [0, 0.1) is 11.6 Å². The monoisotopic (exact) mass is 378 g/mol. The van der Waals surface area contributed by atoms with Gasteiger partial charge in [-0.3, -0.25) is 5.10 Å². The van der Waals surface area contributed by atoms with Gasteiger partial charge in [-0.2, -0.15) is 5.10 Å². The van der Waals surface area contributed by atoms with Crippen LogP contribution in [0.1, 0.15) is 5.56 Å². The number of fused-ring (bicyclic) bond motifs is 3. The van der Waals surface area contributed by atoms with E-state index in [4.69, 9.17) is 4.74 Å². The second-order valence-electron chi connectivity index (χ2n) is 6.14.